The number of aromatic nitrogens is 4. The highest BCUT2D eigenvalue weighted by Crippen LogP contribution is 2.34. The third kappa shape index (κ3) is 3.95. The molecule has 0 aliphatic rings. The van der Waals surface area contributed by atoms with Crippen LogP contribution in [0.4, 0.5) is 0 Å². The number of nitrogens with zero attached hydrogens (tertiary/aromatic N) is 3. The fraction of sp³-hybridized carbons (Fsp3) is 0.182. The molecule has 0 spiro atoms. The Morgan fingerprint density at radius 1 is 1.23 bits per heavy atom. The van der Waals surface area contributed by atoms with Crippen LogP contribution in [0.5, 0.6) is 0 Å². The van der Waals surface area contributed by atoms with E-state index in [0.29, 0.717) is 13.1 Å². The van der Waals surface area contributed by atoms with Crippen LogP contribution in [0.3, 0.4) is 0 Å². The maximum Gasteiger partial charge on any atom is 0.261 e. The van der Waals surface area contributed by atoms with Gasteiger partial charge in [-0.25, -0.2) is 0 Å². The van der Waals surface area contributed by atoms with Gasteiger partial charge in [-0.2, -0.15) is 5.10 Å². The zero-order chi connectivity index (χ0) is 21.1. The normalized spacial score (nSPS) is 10.9. The van der Waals surface area contributed by atoms with E-state index in [1.807, 2.05) is 48.3 Å². The van der Waals surface area contributed by atoms with E-state index in [1.54, 1.807) is 29.8 Å². The summed E-state index contributed by atoms with van der Waals surface area (Å²) in [5.41, 5.74) is 4.41. The molecule has 0 unspecified atom stereocenters. The predicted octanol–water partition coefficient (Wildman–Crippen LogP) is 3.41. The van der Waals surface area contributed by atoms with Gasteiger partial charge in [-0.15, -0.1) is 11.3 Å². The quantitative estimate of drug-likeness (QED) is 0.501. The van der Waals surface area contributed by atoms with Gasteiger partial charge in [0.2, 0.25) is 0 Å². The molecule has 152 valence electrons. The van der Waals surface area contributed by atoms with Crippen LogP contribution in [0.15, 0.2) is 59.1 Å². The molecule has 0 aromatic carbocycles. The Morgan fingerprint density at radius 3 is 2.77 bits per heavy atom. The van der Waals surface area contributed by atoms with Gasteiger partial charge in [0, 0.05) is 30.2 Å². The minimum Gasteiger partial charge on any atom is -0.350 e. The number of aromatic amines is 1. The zero-order valence-electron chi connectivity index (χ0n) is 16.7. The van der Waals surface area contributed by atoms with Gasteiger partial charge in [0.25, 0.3) is 11.5 Å². The molecule has 0 bridgehead atoms. The van der Waals surface area contributed by atoms with Crippen molar-refractivity contribution in [1.29, 1.82) is 0 Å². The number of hydrogen-bond acceptors (Lipinski definition) is 5. The molecule has 1 amide bonds. The lowest BCUT2D eigenvalue weighted by Crippen LogP contribution is -2.32. The number of rotatable bonds is 6. The van der Waals surface area contributed by atoms with E-state index < -0.39 is 5.91 Å². The fourth-order valence-electron chi connectivity index (χ4n) is 3.24. The van der Waals surface area contributed by atoms with Gasteiger partial charge >= 0.3 is 0 Å². The van der Waals surface area contributed by atoms with Crippen LogP contribution >= 0.6 is 11.3 Å². The average Bonchev–Trinajstić information content (AvgIpc) is 3.41. The minimum atomic E-state index is -0.390. The molecule has 4 rings (SSSR count). The molecule has 0 fully saturated rings. The van der Waals surface area contributed by atoms with Gasteiger partial charge in [0.15, 0.2) is 0 Å². The largest absolute Gasteiger partial charge is 0.350 e. The number of nitrogens with one attached hydrogen (secondary N) is 2. The van der Waals surface area contributed by atoms with Crippen LogP contribution in [0, 0.1) is 13.8 Å². The highest BCUT2D eigenvalue weighted by atomic mass is 32.1. The summed E-state index contributed by atoms with van der Waals surface area (Å²) in [6, 6.07) is 9.58. The molecule has 8 heteroatoms. The Hall–Kier alpha value is -3.52. The number of thiophene rings is 1. The summed E-state index contributed by atoms with van der Waals surface area (Å²) >= 11 is 1.64. The Bertz CT molecular complexity index is 1230. The van der Waals surface area contributed by atoms with Crippen molar-refractivity contribution in [3.63, 3.8) is 0 Å². The molecule has 4 aromatic heterocycles. The number of pyridine rings is 2. The fourth-order valence-corrected chi connectivity index (χ4v) is 4.02. The van der Waals surface area contributed by atoms with Crippen molar-refractivity contribution in [3.8, 4) is 21.7 Å². The van der Waals surface area contributed by atoms with E-state index in [4.69, 9.17) is 0 Å². The lowest BCUT2D eigenvalue weighted by atomic mass is 10.1. The highest BCUT2D eigenvalue weighted by Gasteiger charge is 2.16. The molecule has 0 saturated heterocycles. The Balaban J connectivity index is 1.54. The van der Waals surface area contributed by atoms with Crippen molar-refractivity contribution in [2.24, 2.45) is 0 Å². The summed E-state index contributed by atoms with van der Waals surface area (Å²) in [4.78, 5) is 32.5. The molecule has 0 radical (unpaired) electrons. The first-order valence-electron chi connectivity index (χ1n) is 9.53. The molecule has 4 heterocycles. The Labute approximate surface area is 177 Å². The molecule has 0 saturated carbocycles. The Morgan fingerprint density at radius 2 is 2.03 bits per heavy atom. The van der Waals surface area contributed by atoms with Gasteiger partial charge in [0.1, 0.15) is 5.56 Å². The van der Waals surface area contributed by atoms with Gasteiger partial charge < -0.3 is 10.3 Å². The van der Waals surface area contributed by atoms with E-state index in [1.165, 1.54) is 0 Å². The molecule has 0 aliphatic carbocycles. The molecule has 7 nitrogen and oxygen atoms in total. The second-order valence-corrected chi connectivity index (χ2v) is 7.87. The molecule has 0 atom stereocenters. The summed E-state index contributed by atoms with van der Waals surface area (Å²) in [6.07, 6.45) is 5.35. The van der Waals surface area contributed by atoms with Crippen LogP contribution in [0.25, 0.3) is 21.7 Å². The van der Waals surface area contributed by atoms with E-state index in [2.05, 4.69) is 26.4 Å². The van der Waals surface area contributed by atoms with Gasteiger partial charge in [-0.05, 0) is 54.6 Å². The topological polar surface area (TPSA) is 92.7 Å². The van der Waals surface area contributed by atoms with Crippen molar-refractivity contribution >= 4 is 17.2 Å². The summed E-state index contributed by atoms with van der Waals surface area (Å²) in [7, 11) is 0. The third-order valence-corrected chi connectivity index (χ3v) is 5.81. The van der Waals surface area contributed by atoms with E-state index >= 15 is 0 Å². The van der Waals surface area contributed by atoms with Crippen molar-refractivity contribution in [3.05, 3.63) is 81.5 Å². The molecule has 0 aliphatic heterocycles. The zero-order valence-corrected chi connectivity index (χ0v) is 17.5. The molecule has 2 N–H and O–H groups in total. The SMILES string of the molecule is Cc1cc(C(=O)NCCn2ncc(-c3ccncc3)c2-c2cccs2)c(=O)[nH]c1C. The predicted molar refractivity (Wildman–Crippen MR) is 118 cm³/mol. The molecule has 30 heavy (non-hydrogen) atoms. The molecule has 4 aromatic rings. The first kappa shape index (κ1) is 19.8. The number of carbonyl (C=O) groups is 1. The van der Waals surface area contributed by atoms with Crippen molar-refractivity contribution in [2.45, 2.75) is 20.4 Å². The van der Waals surface area contributed by atoms with Crippen molar-refractivity contribution in [1.82, 2.24) is 25.1 Å². The maximum atomic E-state index is 12.5. The summed E-state index contributed by atoms with van der Waals surface area (Å²) < 4.78 is 1.88. The number of carbonyl (C=O) groups excluding carboxylic acids is 1. The highest BCUT2D eigenvalue weighted by molar-refractivity contribution is 7.13. The van der Waals surface area contributed by atoms with E-state index in [0.717, 1.165) is 33.0 Å². The van der Waals surface area contributed by atoms with Gasteiger partial charge in [-0.3, -0.25) is 19.3 Å². The number of aryl methyl sites for hydroxylation is 2. The van der Waals surface area contributed by atoms with Crippen molar-refractivity contribution < 1.29 is 4.79 Å². The van der Waals surface area contributed by atoms with E-state index in [9.17, 15) is 9.59 Å². The first-order valence-corrected chi connectivity index (χ1v) is 10.4. The number of H-pyrrole nitrogens is 1. The summed E-state index contributed by atoms with van der Waals surface area (Å²) in [5, 5.41) is 9.40. The number of amides is 1. The van der Waals surface area contributed by atoms with E-state index in [-0.39, 0.29) is 11.1 Å². The minimum absolute atomic E-state index is 0.120. The van der Waals surface area contributed by atoms with Crippen LogP contribution in [0.1, 0.15) is 21.6 Å². The first-order chi connectivity index (χ1) is 14.5. The van der Waals surface area contributed by atoms with Gasteiger partial charge in [-0.1, -0.05) is 6.07 Å². The summed E-state index contributed by atoms with van der Waals surface area (Å²) in [6.45, 7) is 4.50. The maximum absolute atomic E-state index is 12.5. The average molecular weight is 420 g/mol. The monoisotopic (exact) mass is 419 g/mol. The van der Waals surface area contributed by atoms with Crippen LogP contribution in [-0.2, 0) is 6.54 Å². The van der Waals surface area contributed by atoms with Crippen LogP contribution < -0.4 is 10.9 Å². The van der Waals surface area contributed by atoms with Crippen LogP contribution in [0.2, 0.25) is 0 Å². The third-order valence-electron chi connectivity index (χ3n) is 4.94. The Kier molecular flexibility index (Phi) is 5.58. The van der Waals surface area contributed by atoms with Crippen LogP contribution in [-0.4, -0.2) is 32.2 Å². The lowest BCUT2D eigenvalue weighted by Gasteiger charge is -2.10. The standard InChI is InChI=1S/C22H21N5O2S/c1-14-12-17(22(29)26-15(14)2)21(28)24-9-10-27-20(19-4-3-11-30-19)18(13-25-27)16-5-7-23-8-6-16/h3-8,11-13H,9-10H2,1-2H3,(H,24,28)(H,26,29). The van der Waals surface area contributed by atoms with Gasteiger partial charge in [0.05, 0.1) is 23.3 Å². The molecular weight excluding hydrogens is 398 g/mol. The second-order valence-electron chi connectivity index (χ2n) is 6.92. The lowest BCUT2D eigenvalue weighted by molar-refractivity contribution is 0.0950. The van der Waals surface area contributed by atoms with Crippen molar-refractivity contribution in [2.75, 3.05) is 6.54 Å². The second kappa shape index (κ2) is 8.46. The summed E-state index contributed by atoms with van der Waals surface area (Å²) in [5.74, 6) is -0.390. The smallest absolute Gasteiger partial charge is 0.261 e. The molecular formula is C22H21N5O2S. The number of hydrogen-bond donors (Lipinski definition) is 2.